The number of unbranched alkanes of at least 4 members (excludes halogenated alkanes) is 1. The lowest BCUT2D eigenvalue weighted by Gasteiger charge is -2.03. The highest BCUT2D eigenvalue weighted by molar-refractivity contribution is 9.10. The van der Waals surface area contributed by atoms with Gasteiger partial charge in [0, 0.05) is 9.88 Å². The highest BCUT2D eigenvalue weighted by Crippen LogP contribution is 2.21. The van der Waals surface area contributed by atoms with E-state index in [1.807, 2.05) is 29.7 Å². The van der Waals surface area contributed by atoms with E-state index in [0.29, 0.717) is 5.22 Å². The first-order valence-electron chi connectivity index (χ1n) is 5.13. The lowest BCUT2D eigenvalue weighted by molar-refractivity contribution is 0.464. The number of hydrogen-bond acceptors (Lipinski definition) is 2. The number of thioether (sulfide) groups is 1. The fraction of sp³-hybridized carbons (Fsp3) is 0.333. The zero-order chi connectivity index (χ0) is 11.8. The lowest BCUT2D eigenvalue weighted by atomic mass is 10.3. The van der Waals surface area contributed by atoms with E-state index in [1.54, 1.807) is 11.8 Å². The van der Waals surface area contributed by atoms with Crippen LogP contribution in [0.2, 0.25) is 0 Å². The first-order valence-corrected chi connectivity index (χ1v) is 7.35. The number of rotatable bonds is 6. The topological polar surface area (TPSA) is 9.23 Å². The summed E-state index contributed by atoms with van der Waals surface area (Å²) in [6, 6.07) is 7.58. The average molecular weight is 322 g/mol. The Bertz CT molecular complexity index is 337. The van der Waals surface area contributed by atoms with Crippen molar-refractivity contribution in [3.63, 3.8) is 0 Å². The molecule has 4 heteroatoms. The van der Waals surface area contributed by atoms with E-state index < -0.39 is 0 Å². The fourth-order valence-electron chi connectivity index (χ4n) is 0.991. The van der Waals surface area contributed by atoms with Crippen LogP contribution in [0.5, 0.6) is 5.75 Å². The van der Waals surface area contributed by atoms with Crippen LogP contribution in [-0.4, -0.2) is 5.75 Å². The lowest BCUT2D eigenvalue weighted by Crippen LogP contribution is -1.87. The predicted octanol–water partition coefficient (Wildman–Crippen LogP) is 5.40. The van der Waals surface area contributed by atoms with Crippen LogP contribution in [0.4, 0.5) is 0 Å². The zero-order valence-electron chi connectivity index (χ0n) is 9.08. The standard InChI is InChI=1S/C12H14BrClOS/c1-2-3-8-16-9-12(14)15-11-6-4-10(13)5-7-11/h4-7,9H,2-3,8H2,1H3/b12-9-. The summed E-state index contributed by atoms with van der Waals surface area (Å²) in [6.45, 7) is 2.17. The van der Waals surface area contributed by atoms with Crippen molar-refractivity contribution in [3.8, 4) is 5.75 Å². The summed E-state index contributed by atoms with van der Waals surface area (Å²) in [5, 5.41) is 2.27. The molecule has 0 radical (unpaired) electrons. The van der Waals surface area contributed by atoms with Gasteiger partial charge < -0.3 is 4.74 Å². The number of hydrogen-bond donors (Lipinski definition) is 0. The van der Waals surface area contributed by atoms with Crippen molar-refractivity contribution < 1.29 is 4.74 Å². The van der Waals surface area contributed by atoms with Crippen LogP contribution >= 0.6 is 39.3 Å². The maximum atomic E-state index is 5.94. The molecule has 88 valence electrons. The summed E-state index contributed by atoms with van der Waals surface area (Å²) >= 11 is 11.0. The summed E-state index contributed by atoms with van der Waals surface area (Å²) in [5.41, 5.74) is 0. The van der Waals surface area contributed by atoms with E-state index >= 15 is 0 Å². The third-order valence-corrected chi connectivity index (χ3v) is 3.57. The molecule has 1 rings (SSSR count). The minimum atomic E-state index is 0.420. The zero-order valence-corrected chi connectivity index (χ0v) is 12.2. The summed E-state index contributed by atoms with van der Waals surface area (Å²) < 4.78 is 6.46. The summed E-state index contributed by atoms with van der Waals surface area (Å²) in [5.74, 6) is 1.83. The second-order valence-corrected chi connectivity index (χ2v) is 5.47. The molecule has 1 aromatic rings. The van der Waals surface area contributed by atoms with E-state index in [0.717, 1.165) is 16.0 Å². The molecule has 1 aromatic carbocycles. The predicted molar refractivity (Wildman–Crippen MR) is 76.1 cm³/mol. The summed E-state index contributed by atoms with van der Waals surface area (Å²) in [7, 11) is 0. The van der Waals surface area contributed by atoms with Gasteiger partial charge in [0.05, 0.1) is 0 Å². The van der Waals surface area contributed by atoms with Gasteiger partial charge in [-0.2, -0.15) is 0 Å². The van der Waals surface area contributed by atoms with Gasteiger partial charge in [-0.15, -0.1) is 11.8 Å². The van der Waals surface area contributed by atoms with Gasteiger partial charge >= 0.3 is 0 Å². The van der Waals surface area contributed by atoms with Gasteiger partial charge in [0.15, 0.2) is 5.22 Å². The summed E-state index contributed by atoms with van der Waals surface area (Å²) in [6.07, 6.45) is 2.40. The van der Waals surface area contributed by atoms with Gasteiger partial charge in [-0.25, -0.2) is 0 Å². The van der Waals surface area contributed by atoms with E-state index in [4.69, 9.17) is 16.3 Å². The maximum absolute atomic E-state index is 5.94. The van der Waals surface area contributed by atoms with Crippen LogP contribution < -0.4 is 4.74 Å². The second kappa shape index (κ2) is 8.04. The SMILES string of the molecule is CCCCS/C=C(/Cl)Oc1ccc(Br)cc1. The molecule has 0 aromatic heterocycles. The Labute approximate surface area is 114 Å². The Hall–Kier alpha value is -0.120. The van der Waals surface area contributed by atoms with E-state index in [9.17, 15) is 0 Å². The van der Waals surface area contributed by atoms with Crippen molar-refractivity contribution in [2.24, 2.45) is 0 Å². The van der Waals surface area contributed by atoms with Crippen molar-refractivity contribution in [1.82, 2.24) is 0 Å². The van der Waals surface area contributed by atoms with Crippen molar-refractivity contribution in [2.45, 2.75) is 19.8 Å². The molecule has 0 heterocycles. The third kappa shape index (κ3) is 5.83. The average Bonchev–Trinajstić information content (AvgIpc) is 2.28. The molecule has 0 saturated carbocycles. The molecule has 0 atom stereocenters. The molecule has 0 spiro atoms. The molecular weight excluding hydrogens is 308 g/mol. The van der Waals surface area contributed by atoms with Gasteiger partial charge in [-0.05, 0) is 48.0 Å². The Balaban J connectivity index is 2.38. The molecule has 0 aliphatic heterocycles. The highest BCUT2D eigenvalue weighted by atomic mass is 79.9. The Kier molecular flexibility index (Phi) is 7.01. The molecule has 1 nitrogen and oxygen atoms in total. The molecule has 0 amide bonds. The highest BCUT2D eigenvalue weighted by Gasteiger charge is 1.97. The molecule has 0 bridgehead atoms. The molecule has 0 N–H and O–H groups in total. The van der Waals surface area contributed by atoms with Crippen molar-refractivity contribution in [2.75, 3.05) is 5.75 Å². The van der Waals surface area contributed by atoms with Gasteiger partial charge in [-0.1, -0.05) is 29.3 Å². The van der Waals surface area contributed by atoms with Gasteiger partial charge in [0.2, 0.25) is 0 Å². The molecule has 0 unspecified atom stereocenters. The molecular formula is C12H14BrClOS. The van der Waals surface area contributed by atoms with Crippen LogP contribution in [0.3, 0.4) is 0 Å². The minimum Gasteiger partial charge on any atom is -0.445 e. The number of benzene rings is 1. The van der Waals surface area contributed by atoms with E-state index in [2.05, 4.69) is 22.9 Å². The van der Waals surface area contributed by atoms with Gasteiger partial charge in [0.25, 0.3) is 0 Å². The first-order chi connectivity index (χ1) is 7.72. The third-order valence-electron chi connectivity index (χ3n) is 1.82. The molecule has 0 saturated heterocycles. The largest absolute Gasteiger partial charge is 0.445 e. The van der Waals surface area contributed by atoms with Crippen molar-refractivity contribution in [3.05, 3.63) is 39.4 Å². The maximum Gasteiger partial charge on any atom is 0.200 e. The Morgan fingerprint density at radius 1 is 1.44 bits per heavy atom. The minimum absolute atomic E-state index is 0.420. The second-order valence-electron chi connectivity index (χ2n) is 3.20. The number of halogens is 2. The van der Waals surface area contributed by atoms with Gasteiger partial charge in [0.1, 0.15) is 5.75 Å². The number of ether oxygens (including phenoxy) is 1. The quantitative estimate of drug-likeness (QED) is 0.512. The molecule has 0 fully saturated rings. The smallest absolute Gasteiger partial charge is 0.200 e. The Morgan fingerprint density at radius 2 is 2.12 bits per heavy atom. The van der Waals surface area contributed by atoms with Crippen LogP contribution in [0.25, 0.3) is 0 Å². The van der Waals surface area contributed by atoms with Crippen molar-refractivity contribution in [1.29, 1.82) is 0 Å². The first kappa shape index (κ1) is 13.9. The van der Waals surface area contributed by atoms with Crippen LogP contribution in [0.1, 0.15) is 19.8 Å². The monoisotopic (exact) mass is 320 g/mol. The normalized spacial score (nSPS) is 11.6. The van der Waals surface area contributed by atoms with Crippen molar-refractivity contribution >= 4 is 39.3 Å². The molecule has 0 aliphatic carbocycles. The van der Waals surface area contributed by atoms with Crippen LogP contribution in [0.15, 0.2) is 39.4 Å². The molecule has 16 heavy (non-hydrogen) atoms. The van der Waals surface area contributed by atoms with E-state index in [-0.39, 0.29) is 0 Å². The molecule has 0 aliphatic rings. The fourth-order valence-corrected chi connectivity index (χ4v) is 2.29. The van der Waals surface area contributed by atoms with Crippen LogP contribution in [0, 0.1) is 0 Å². The van der Waals surface area contributed by atoms with E-state index in [1.165, 1.54) is 12.8 Å². The van der Waals surface area contributed by atoms with Crippen LogP contribution in [-0.2, 0) is 0 Å². The Morgan fingerprint density at radius 3 is 2.75 bits per heavy atom. The van der Waals surface area contributed by atoms with Gasteiger partial charge in [-0.3, -0.25) is 0 Å². The summed E-state index contributed by atoms with van der Waals surface area (Å²) in [4.78, 5) is 0.